The molecule has 9 nitrogen and oxygen atoms in total. The molecule has 10 heteroatoms. The monoisotopic (exact) mass is 359 g/mol. The molecule has 4 atom stereocenters. The highest BCUT2D eigenvalue weighted by atomic mass is 32.2. The molecule has 24 heavy (non-hydrogen) atoms. The summed E-state index contributed by atoms with van der Waals surface area (Å²) < 4.78 is 6.30. The van der Waals surface area contributed by atoms with Crippen LogP contribution < -0.4 is 11.4 Å². The topological polar surface area (TPSA) is 148 Å². The van der Waals surface area contributed by atoms with Gasteiger partial charge in [0.15, 0.2) is 0 Å². The number of hydrogen-bond acceptors (Lipinski definition) is 9. The third kappa shape index (κ3) is 3.72. The highest BCUT2D eigenvalue weighted by Crippen LogP contribution is 2.41. The number of nitrogens with two attached hydrogens (primary N) is 1. The number of nitrogen functional groups attached to an aromatic ring is 1. The van der Waals surface area contributed by atoms with Crippen molar-refractivity contribution in [2.75, 3.05) is 18.9 Å². The Morgan fingerprint density at radius 1 is 1.46 bits per heavy atom. The molecule has 0 saturated carbocycles. The van der Waals surface area contributed by atoms with Gasteiger partial charge in [-0.25, -0.2) is 4.79 Å². The Morgan fingerprint density at radius 2 is 2.12 bits per heavy atom. The number of carbonyl (C=O) groups is 1. The van der Waals surface area contributed by atoms with Gasteiger partial charge in [0.1, 0.15) is 23.9 Å². The third-order valence-corrected chi connectivity index (χ3v) is 5.34. The second-order valence-electron chi connectivity index (χ2n) is 6.23. The van der Waals surface area contributed by atoms with Gasteiger partial charge in [0.25, 0.3) is 0 Å². The number of hydrogen-bond donors (Lipinski definition) is 4. The number of esters is 1. The third-order valence-electron chi connectivity index (χ3n) is 3.79. The van der Waals surface area contributed by atoms with E-state index in [9.17, 15) is 19.8 Å². The molecule has 1 aromatic heterocycles. The molecule has 2 unspecified atom stereocenters. The SMILES string of the molecule is CC(C)(CO)C(=O)OC[C@H]1S[C@@H](n2ccc(N)nc2=O)C(O)C1O. The predicted octanol–water partition coefficient (Wildman–Crippen LogP) is -1.28. The lowest BCUT2D eigenvalue weighted by Crippen LogP contribution is -2.37. The van der Waals surface area contributed by atoms with Gasteiger partial charge in [-0.15, -0.1) is 11.8 Å². The van der Waals surface area contributed by atoms with Gasteiger partial charge in [0.2, 0.25) is 0 Å². The first-order valence-electron chi connectivity index (χ1n) is 7.31. The average Bonchev–Trinajstić information content (AvgIpc) is 2.80. The first-order chi connectivity index (χ1) is 11.2. The second-order valence-corrected chi connectivity index (χ2v) is 7.59. The minimum atomic E-state index is -1.23. The van der Waals surface area contributed by atoms with Crippen LogP contribution in [0.3, 0.4) is 0 Å². The Kier molecular flexibility index (Phi) is 5.53. The first kappa shape index (κ1) is 18.7. The Hall–Kier alpha value is -1.62. The Morgan fingerprint density at radius 3 is 2.71 bits per heavy atom. The van der Waals surface area contributed by atoms with E-state index in [1.165, 1.54) is 30.7 Å². The van der Waals surface area contributed by atoms with Crippen molar-refractivity contribution in [3.63, 3.8) is 0 Å². The summed E-state index contributed by atoms with van der Waals surface area (Å²) in [7, 11) is 0. The number of carbonyl (C=O) groups excluding carboxylic acids is 1. The number of aliphatic hydroxyl groups excluding tert-OH is 3. The number of nitrogens with zero attached hydrogens (tertiary/aromatic N) is 2. The van der Waals surface area contributed by atoms with Gasteiger partial charge >= 0.3 is 11.7 Å². The first-order valence-corrected chi connectivity index (χ1v) is 8.26. The van der Waals surface area contributed by atoms with Gasteiger partial charge in [0, 0.05) is 6.20 Å². The van der Waals surface area contributed by atoms with E-state index in [0.29, 0.717) is 0 Å². The number of thioether (sulfide) groups is 1. The van der Waals surface area contributed by atoms with Crippen LogP contribution in [0, 0.1) is 5.41 Å². The summed E-state index contributed by atoms with van der Waals surface area (Å²) in [5.41, 5.74) is 3.74. The maximum Gasteiger partial charge on any atom is 0.350 e. The van der Waals surface area contributed by atoms with E-state index in [4.69, 9.17) is 15.6 Å². The van der Waals surface area contributed by atoms with Gasteiger partial charge in [-0.2, -0.15) is 4.98 Å². The molecule has 134 valence electrons. The fourth-order valence-electron chi connectivity index (χ4n) is 2.13. The van der Waals surface area contributed by atoms with Gasteiger partial charge in [-0.3, -0.25) is 9.36 Å². The molecule has 0 aromatic carbocycles. The van der Waals surface area contributed by atoms with Crippen LogP contribution in [0.5, 0.6) is 0 Å². The summed E-state index contributed by atoms with van der Waals surface area (Å²) in [6.07, 6.45) is -1.02. The minimum absolute atomic E-state index is 0.0611. The number of aliphatic hydroxyl groups is 3. The predicted molar refractivity (Wildman–Crippen MR) is 87.2 cm³/mol. The Balaban J connectivity index is 2.07. The van der Waals surface area contributed by atoms with Crippen molar-refractivity contribution in [1.82, 2.24) is 9.55 Å². The summed E-state index contributed by atoms with van der Waals surface area (Å²) in [6, 6.07) is 1.41. The molecule has 2 rings (SSSR count). The van der Waals surface area contributed by atoms with Crippen LogP contribution in [0.25, 0.3) is 0 Å². The molecule has 0 bridgehead atoms. The molecule has 1 aromatic rings. The highest BCUT2D eigenvalue weighted by molar-refractivity contribution is 8.00. The zero-order chi connectivity index (χ0) is 18.1. The molecule has 1 aliphatic heterocycles. The number of anilines is 1. The van der Waals surface area contributed by atoms with Crippen molar-refractivity contribution in [3.8, 4) is 0 Å². The van der Waals surface area contributed by atoms with Gasteiger partial charge in [-0.05, 0) is 19.9 Å². The van der Waals surface area contributed by atoms with E-state index in [-0.39, 0.29) is 19.0 Å². The van der Waals surface area contributed by atoms with Crippen LogP contribution in [-0.4, -0.2) is 61.5 Å². The van der Waals surface area contributed by atoms with Crippen molar-refractivity contribution in [2.24, 2.45) is 5.41 Å². The largest absolute Gasteiger partial charge is 0.464 e. The standard InChI is InChI=1S/C14H21N3O6S/c1-14(2,6-18)12(21)23-5-7-9(19)10(20)11(24-7)17-4-3-8(15)16-13(17)22/h3-4,7,9-11,18-20H,5-6H2,1-2H3,(H2,15,16,22)/t7-,9?,10?,11-/m1/s1. The number of aromatic nitrogens is 2. The molecule has 0 spiro atoms. The van der Waals surface area contributed by atoms with Crippen molar-refractivity contribution in [3.05, 3.63) is 22.7 Å². The summed E-state index contributed by atoms with van der Waals surface area (Å²) in [5, 5.41) is 28.1. The molecule has 0 radical (unpaired) electrons. The van der Waals surface area contributed by atoms with Crippen LogP contribution in [0.2, 0.25) is 0 Å². The van der Waals surface area contributed by atoms with Crippen molar-refractivity contribution >= 4 is 23.5 Å². The Bertz CT molecular complexity index is 664. The van der Waals surface area contributed by atoms with Gasteiger partial charge < -0.3 is 25.8 Å². The summed E-state index contributed by atoms with van der Waals surface area (Å²) in [6.45, 7) is 2.54. The van der Waals surface area contributed by atoms with E-state index in [0.717, 1.165) is 11.8 Å². The van der Waals surface area contributed by atoms with Gasteiger partial charge in [0.05, 0.1) is 23.4 Å². The second kappa shape index (κ2) is 7.09. The van der Waals surface area contributed by atoms with Gasteiger partial charge in [-0.1, -0.05) is 0 Å². The van der Waals surface area contributed by atoms with E-state index in [2.05, 4.69) is 4.98 Å². The molecule has 5 N–H and O–H groups in total. The van der Waals surface area contributed by atoms with E-state index < -0.39 is 39.9 Å². The van der Waals surface area contributed by atoms with Crippen LogP contribution in [0.15, 0.2) is 17.1 Å². The maximum absolute atomic E-state index is 11.9. The van der Waals surface area contributed by atoms with Crippen molar-refractivity contribution < 1.29 is 24.9 Å². The van der Waals surface area contributed by atoms with Crippen LogP contribution in [0.4, 0.5) is 5.82 Å². The zero-order valence-corrected chi connectivity index (χ0v) is 14.1. The highest BCUT2D eigenvalue weighted by Gasteiger charge is 2.44. The lowest BCUT2D eigenvalue weighted by Gasteiger charge is -2.21. The molecule has 0 aliphatic carbocycles. The molecule has 1 aliphatic rings. The van der Waals surface area contributed by atoms with Crippen LogP contribution in [0.1, 0.15) is 19.2 Å². The number of rotatable bonds is 5. The summed E-state index contributed by atoms with van der Waals surface area (Å²) in [5.74, 6) is -0.548. The molecular weight excluding hydrogens is 338 g/mol. The normalized spacial score (nSPS) is 27.2. The average molecular weight is 359 g/mol. The minimum Gasteiger partial charge on any atom is -0.464 e. The molecule has 1 saturated heterocycles. The molecular formula is C14H21N3O6S. The number of ether oxygens (including phenoxy) is 1. The van der Waals surface area contributed by atoms with Crippen molar-refractivity contribution in [1.29, 1.82) is 0 Å². The van der Waals surface area contributed by atoms with E-state index >= 15 is 0 Å². The zero-order valence-electron chi connectivity index (χ0n) is 13.3. The maximum atomic E-state index is 11.9. The fourth-order valence-corrected chi connectivity index (χ4v) is 3.57. The van der Waals surface area contributed by atoms with E-state index in [1.807, 2.05) is 0 Å². The fraction of sp³-hybridized carbons (Fsp3) is 0.643. The summed E-state index contributed by atoms with van der Waals surface area (Å²) in [4.78, 5) is 27.3. The molecule has 2 heterocycles. The lowest BCUT2D eigenvalue weighted by molar-refractivity contribution is -0.156. The van der Waals surface area contributed by atoms with Crippen LogP contribution in [-0.2, 0) is 9.53 Å². The summed E-state index contributed by atoms with van der Waals surface area (Å²) >= 11 is 1.10. The molecule has 1 fully saturated rings. The lowest BCUT2D eigenvalue weighted by atomic mass is 9.95. The molecule has 0 amide bonds. The van der Waals surface area contributed by atoms with E-state index in [1.54, 1.807) is 0 Å². The Labute approximate surface area is 142 Å². The smallest absolute Gasteiger partial charge is 0.350 e. The van der Waals surface area contributed by atoms with Crippen LogP contribution >= 0.6 is 11.8 Å². The van der Waals surface area contributed by atoms with Crippen molar-refractivity contribution in [2.45, 2.75) is 36.7 Å². The quantitative estimate of drug-likeness (QED) is 0.472.